The van der Waals surface area contributed by atoms with E-state index in [1.165, 1.54) is 22.5 Å². The Hall–Kier alpha value is -0.980. The zero-order valence-electron chi connectivity index (χ0n) is 11.8. The average Bonchev–Trinajstić information content (AvgIpc) is 2.41. The fourth-order valence-electron chi connectivity index (χ4n) is 2.56. The van der Waals surface area contributed by atoms with Crippen LogP contribution in [0.4, 0.5) is 4.39 Å². The molecule has 4 nitrogen and oxygen atoms in total. The SMILES string of the molecule is CC1CCN(S(=O)(=O)c2cccc(F)c2CN)CC1C. The van der Waals surface area contributed by atoms with Crippen molar-refractivity contribution in [1.29, 1.82) is 0 Å². The highest BCUT2D eigenvalue weighted by atomic mass is 32.2. The number of nitrogens with two attached hydrogens (primary N) is 1. The molecule has 2 N–H and O–H groups in total. The van der Waals surface area contributed by atoms with E-state index >= 15 is 0 Å². The summed E-state index contributed by atoms with van der Waals surface area (Å²) in [6, 6.07) is 4.09. The van der Waals surface area contributed by atoms with E-state index in [0.29, 0.717) is 24.9 Å². The van der Waals surface area contributed by atoms with Crippen LogP contribution in [0, 0.1) is 17.7 Å². The molecule has 1 fully saturated rings. The minimum atomic E-state index is -3.67. The van der Waals surface area contributed by atoms with Crippen LogP contribution < -0.4 is 5.73 Å². The van der Waals surface area contributed by atoms with Crippen molar-refractivity contribution in [3.8, 4) is 0 Å². The topological polar surface area (TPSA) is 63.4 Å². The predicted octanol–water partition coefficient (Wildman–Crippen LogP) is 1.95. The van der Waals surface area contributed by atoms with Crippen molar-refractivity contribution in [1.82, 2.24) is 4.31 Å². The lowest BCUT2D eigenvalue weighted by Gasteiger charge is -2.34. The maximum atomic E-state index is 13.7. The van der Waals surface area contributed by atoms with Crippen LogP contribution in [0.2, 0.25) is 0 Å². The first-order valence-corrected chi connectivity index (χ1v) is 8.29. The number of hydrogen-bond donors (Lipinski definition) is 1. The molecule has 0 amide bonds. The zero-order chi connectivity index (χ0) is 14.9. The van der Waals surface area contributed by atoms with E-state index in [1.54, 1.807) is 0 Å². The molecule has 1 aromatic rings. The number of nitrogens with zero attached hydrogens (tertiary/aromatic N) is 1. The Morgan fingerprint density at radius 1 is 1.35 bits per heavy atom. The maximum Gasteiger partial charge on any atom is 0.243 e. The van der Waals surface area contributed by atoms with Crippen molar-refractivity contribution in [3.05, 3.63) is 29.6 Å². The fourth-order valence-corrected chi connectivity index (χ4v) is 4.36. The van der Waals surface area contributed by atoms with Crippen LogP contribution in [0.25, 0.3) is 0 Å². The van der Waals surface area contributed by atoms with Crippen molar-refractivity contribution >= 4 is 10.0 Å². The summed E-state index contributed by atoms with van der Waals surface area (Å²) in [5.74, 6) is 0.239. The van der Waals surface area contributed by atoms with Gasteiger partial charge in [0, 0.05) is 25.2 Å². The van der Waals surface area contributed by atoms with Crippen molar-refractivity contribution in [2.45, 2.75) is 31.7 Å². The molecule has 2 rings (SSSR count). The summed E-state index contributed by atoms with van der Waals surface area (Å²) in [5, 5.41) is 0. The first-order chi connectivity index (χ1) is 9.37. The van der Waals surface area contributed by atoms with Crippen molar-refractivity contribution in [3.63, 3.8) is 0 Å². The Balaban J connectivity index is 2.39. The highest BCUT2D eigenvalue weighted by Gasteiger charge is 2.33. The Morgan fingerprint density at radius 3 is 2.65 bits per heavy atom. The van der Waals surface area contributed by atoms with Gasteiger partial charge in [-0.25, -0.2) is 12.8 Å². The Bertz CT molecular complexity index is 589. The molecule has 1 saturated heterocycles. The molecule has 0 spiro atoms. The zero-order valence-corrected chi connectivity index (χ0v) is 12.7. The molecule has 1 aliphatic heterocycles. The third kappa shape index (κ3) is 2.73. The van der Waals surface area contributed by atoms with Crippen LogP contribution in [-0.4, -0.2) is 25.8 Å². The van der Waals surface area contributed by atoms with Gasteiger partial charge in [-0.2, -0.15) is 4.31 Å². The number of benzene rings is 1. The van der Waals surface area contributed by atoms with Crippen LogP contribution in [0.3, 0.4) is 0 Å². The van der Waals surface area contributed by atoms with Gasteiger partial charge >= 0.3 is 0 Å². The van der Waals surface area contributed by atoms with E-state index in [2.05, 4.69) is 6.92 Å². The highest BCUT2D eigenvalue weighted by molar-refractivity contribution is 7.89. The van der Waals surface area contributed by atoms with Gasteiger partial charge in [-0.05, 0) is 30.4 Å². The van der Waals surface area contributed by atoms with Crippen molar-refractivity contribution in [2.75, 3.05) is 13.1 Å². The molecule has 2 atom stereocenters. The lowest BCUT2D eigenvalue weighted by atomic mass is 9.90. The molecule has 6 heteroatoms. The summed E-state index contributed by atoms with van der Waals surface area (Å²) in [4.78, 5) is 0.00162. The average molecular weight is 300 g/mol. The molecular weight excluding hydrogens is 279 g/mol. The minimum absolute atomic E-state index is 0.00162. The van der Waals surface area contributed by atoms with E-state index in [9.17, 15) is 12.8 Å². The van der Waals surface area contributed by atoms with Crippen LogP contribution in [-0.2, 0) is 16.6 Å². The van der Waals surface area contributed by atoms with Crippen LogP contribution in [0.1, 0.15) is 25.8 Å². The van der Waals surface area contributed by atoms with Crippen LogP contribution in [0.15, 0.2) is 23.1 Å². The molecule has 20 heavy (non-hydrogen) atoms. The van der Waals surface area contributed by atoms with Crippen molar-refractivity contribution < 1.29 is 12.8 Å². The first-order valence-electron chi connectivity index (χ1n) is 6.85. The lowest BCUT2D eigenvalue weighted by Crippen LogP contribution is -2.42. The molecule has 0 saturated carbocycles. The van der Waals surface area contributed by atoms with Crippen LogP contribution in [0.5, 0.6) is 0 Å². The molecule has 1 aliphatic rings. The van der Waals surface area contributed by atoms with Gasteiger partial charge < -0.3 is 5.73 Å². The second-order valence-corrected chi connectivity index (χ2v) is 7.43. The summed E-state index contributed by atoms with van der Waals surface area (Å²) in [6.45, 7) is 5.00. The summed E-state index contributed by atoms with van der Waals surface area (Å²) in [7, 11) is -3.67. The molecule has 112 valence electrons. The molecule has 0 aromatic heterocycles. The number of rotatable bonds is 3. The second kappa shape index (κ2) is 5.79. The van der Waals surface area contributed by atoms with E-state index in [0.717, 1.165) is 6.42 Å². The van der Waals surface area contributed by atoms with Gasteiger partial charge in [0.15, 0.2) is 0 Å². The van der Waals surface area contributed by atoms with E-state index in [-0.39, 0.29) is 17.0 Å². The predicted molar refractivity (Wildman–Crippen MR) is 76.0 cm³/mol. The largest absolute Gasteiger partial charge is 0.326 e. The van der Waals surface area contributed by atoms with Gasteiger partial charge in [-0.1, -0.05) is 19.9 Å². The monoisotopic (exact) mass is 300 g/mol. The molecule has 1 aromatic carbocycles. The molecule has 0 aliphatic carbocycles. The van der Waals surface area contributed by atoms with Crippen LogP contribution >= 0.6 is 0 Å². The summed E-state index contributed by atoms with van der Waals surface area (Å²) >= 11 is 0. The second-order valence-electron chi connectivity index (χ2n) is 5.53. The number of hydrogen-bond acceptors (Lipinski definition) is 3. The summed E-state index contributed by atoms with van der Waals surface area (Å²) in [6.07, 6.45) is 0.827. The highest BCUT2D eigenvalue weighted by Crippen LogP contribution is 2.29. The fraction of sp³-hybridized carbons (Fsp3) is 0.571. The Morgan fingerprint density at radius 2 is 2.05 bits per heavy atom. The number of piperidine rings is 1. The molecule has 0 bridgehead atoms. The third-order valence-electron chi connectivity index (χ3n) is 4.19. The third-order valence-corrected chi connectivity index (χ3v) is 6.14. The normalized spacial score (nSPS) is 24.8. The van der Waals surface area contributed by atoms with Gasteiger partial charge in [0.2, 0.25) is 10.0 Å². The molecule has 0 radical (unpaired) electrons. The summed E-state index contributed by atoms with van der Waals surface area (Å²) in [5.41, 5.74) is 5.57. The lowest BCUT2D eigenvalue weighted by molar-refractivity contribution is 0.212. The quantitative estimate of drug-likeness (QED) is 0.928. The smallest absolute Gasteiger partial charge is 0.243 e. The maximum absolute atomic E-state index is 13.7. The van der Waals surface area contributed by atoms with Crippen molar-refractivity contribution in [2.24, 2.45) is 17.6 Å². The Kier molecular flexibility index (Phi) is 4.46. The molecule has 1 heterocycles. The van der Waals surface area contributed by atoms with Gasteiger partial charge in [0.05, 0.1) is 4.90 Å². The van der Waals surface area contributed by atoms with Gasteiger partial charge in [0.1, 0.15) is 5.82 Å². The Labute approximate surface area is 119 Å². The van der Waals surface area contributed by atoms with E-state index < -0.39 is 15.8 Å². The van der Waals surface area contributed by atoms with E-state index in [4.69, 9.17) is 5.73 Å². The van der Waals surface area contributed by atoms with Gasteiger partial charge in [0.25, 0.3) is 0 Å². The van der Waals surface area contributed by atoms with Gasteiger partial charge in [-0.15, -0.1) is 0 Å². The number of halogens is 1. The van der Waals surface area contributed by atoms with E-state index in [1.807, 2.05) is 6.92 Å². The number of sulfonamides is 1. The molecular formula is C14H21FN2O2S. The molecule has 2 unspecified atom stereocenters. The standard InChI is InChI=1S/C14H21FN2O2S/c1-10-6-7-17(9-11(10)2)20(18,19)14-5-3-4-13(15)12(14)8-16/h3-5,10-11H,6-9,16H2,1-2H3. The summed E-state index contributed by atoms with van der Waals surface area (Å²) < 4.78 is 40.5. The van der Waals surface area contributed by atoms with Gasteiger partial charge in [-0.3, -0.25) is 0 Å². The minimum Gasteiger partial charge on any atom is -0.326 e. The first kappa shape index (κ1) is 15.4.